The molecule has 21 heavy (non-hydrogen) atoms. The summed E-state index contributed by atoms with van der Waals surface area (Å²) in [6, 6.07) is 8.47. The van der Waals surface area contributed by atoms with Crippen LogP contribution in [-0.2, 0) is 6.54 Å². The van der Waals surface area contributed by atoms with E-state index in [2.05, 4.69) is 5.32 Å². The highest BCUT2D eigenvalue weighted by atomic mass is 35.5. The van der Waals surface area contributed by atoms with Crippen molar-refractivity contribution in [2.75, 3.05) is 5.32 Å². The molecule has 0 atom stereocenters. The van der Waals surface area contributed by atoms with Gasteiger partial charge in [0.2, 0.25) is 0 Å². The molecule has 110 valence electrons. The maximum absolute atomic E-state index is 10.8. The van der Waals surface area contributed by atoms with Crippen molar-refractivity contribution in [3.05, 3.63) is 62.2 Å². The number of aromatic hydroxyl groups is 1. The van der Waals surface area contributed by atoms with Crippen molar-refractivity contribution >= 4 is 23.0 Å². The highest BCUT2D eigenvalue weighted by molar-refractivity contribution is 6.33. The molecular weight excluding hydrogens is 292 g/mol. The lowest BCUT2D eigenvalue weighted by atomic mass is 10.1. The second-order valence-corrected chi connectivity index (χ2v) is 5.22. The average molecular weight is 307 g/mol. The Morgan fingerprint density at radius 3 is 2.67 bits per heavy atom. The van der Waals surface area contributed by atoms with E-state index in [9.17, 15) is 15.2 Å². The van der Waals surface area contributed by atoms with Gasteiger partial charge in [-0.3, -0.25) is 10.1 Å². The summed E-state index contributed by atoms with van der Waals surface area (Å²) in [5.41, 5.74) is 2.86. The van der Waals surface area contributed by atoms with E-state index in [1.807, 2.05) is 25.1 Å². The predicted molar refractivity (Wildman–Crippen MR) is 83.0 cm³/mol. The van der Waals surface area contributed by atoms with Gasteiger partial charge in [-0.05, 0) is 31.0 Å². The number of hydrogen-bond donors (Lipinski definition) is 2. The van der Waals surface area contributed by atoms with Crippen molar-refractivity contribution in [3.63, 3.8) is 0 Å². The van der Waals surface area contributed by atoms with E-state index >= 15 is 0 Å². The number of anilines is 1. The summed E-state index contributed by atoms with van der Waals surface area (Å²) in [5, 5.41) is 24.0. The Bertz CT molecular complexity index is 702. The molecule has 0 amide bonds. The second kappa shape index (κ2) is 6.01. The molecule has 0 aliphatic carbocycles. The summed E-state index contributed by atoms with van der Waals surface area (Å²) < 4.78 is 0. The molecule has 0 radical (unpaired) electrons. The van der Waals surface area contributed by atoms with Gasteiger partial charge in [-0.15, -0.1) is 0 Å². The number of aryl methyl sites for hydroxylation is 2. The maximum atomic E-state index is 10.8. The molecule has 0 saturated carbocycles. The van der Waals surface area contributed by atoms with Crippen molar-refractivity contribution in [2.24, 2.45) is 0 Å². The fourth-order valence-electron chi connectivity index (χ4n) is 2.05. The van der Waals surface area contributed by atoms with E-state index in [0.717, 1.165) is 16.7 Å². The molecule has 2 N–H and O–H groups in total. The van der Waals surface area contributed by atoms with Crippen LogP contribution >= 0.6 is 11.6 Å². The van der Waals surface area contributed by atoms with Crippen LogP contribution in [0.15, 0.2) is 30.3 Å². The summed E-state index contributed by atoms with van der Waals surface area (Å²) in [7, 11) is 0. The van der Waals surface area contributed by atoms with E-state index < -0.39 is 4.92 Å². The van der Waals surface area contributed by atoms with Gasteiger partial charge in [-0.1, -0.05) is 29.8 Å². The molecule has 2 aromatic rings. The third-order valence-corrected chi connectivity index (χ3v) is 3.58. The lowest BCUT2D eigenvalue weighted by molar-refractivity contribution is -0.384. The zero-order valence-electron chi connectivity index (χ0n) is 11.7. The standard InChI is InChI=1S/C15H15ClN2O3/c1-9-4-3-5-11(15(9)19)8-17-13-7-12(16)14(18(20)21)6-10(13)2/h3-7,17,19H,8H2,1-2H3. The molecule has 0 fully saturated rings. The Balaban J connectivity index is 2.23. The minimum absolute atomic E-state index is 0.0848. The predicted octanol–water partition coefficient (Wildman–Crippen LogP) is 4.18. The van der Waals surface area contributed by atoms with Gasteiger partial charge in [0.25, 0.3) is 5.69 Å². The van der Waals surface area contributed by atoms with E-state index in [4.69, 9.17) is 11.6 Å². The Kier molecular flexibility index (Phi) is 4.33. The number of phenols is 1. The number of halogens is 1. The molecule has 6 heteroatoms. The zero-order chi connectivity index (χ0) is 15.6. The third kappa shape index (κ3) is 3.25. The van der Waals surface area contributed by atoms with Crippen molar-refractivity contribution in [2.45, 2.75) is 20.4 Å². The first-order valence-electron chi connectivity index (χ1n) is 6.36. The quantitative estimate of drug-likeness (QED) is 0.656. The van der Waals surface area contributed by atoms with E-state index in [1.165, 1.54) is 12.1 Å². The molecule has 0 saturated heterocycles. The summed E-state index contributed by atoms with van der Waals surface area (Å²) in [4.78, 5) is 10.3. The fourth-order valence-corrected chi connectivity index (χ4v) is 2.28. The van der Waals surface area contributed by atoms with Gasteiger partial charge in [0.1, 0.15) is 10.8 Å². The van der Waals surface area contributed by atoms with Crippen LogP contribution in [-0.4, -0.2) is 10.0 Å². The van der Waals surface area contributed by atoms with Gasteiger partial charge >= 0.3 is 0 Å². The van der Waals surface area contributed by atoms with Crippen LogP contribution in [0.4, 0.5) is 11.4 Å². The highest BCUT2D eigenvalue weighted by Gasteiger charge is 2.15. The number of nitro benzene ring substituents is 1. The first-order valence-corrected chi connectivity index (χ1v) is 6.74. The highest BCUT2D eigenvalue weighted by Crippen LogP contribution is 2.31. The number of nitrogens with one attached hydrogen (secondary N) is 1. The van der Waals surface area contributed by atoms with Crippen LogP contribution < -0.4 is 5.32 Å². The first kappa shape index (κ1) is 15.1. The summed E-state index contributed by atoms with van der Waals surface area (Å²) in [6.45, 7) is 4.00. The molecular formula is C15H15ClN2O3. The number of phenolic OH excluding ortho intramolecular Hbond substituents is 1. The number of benzene rings is 2. The van der Waals surface area contributed by atoms with Crippen LogP contribution in [0.25, 0.3) is 0 Å². The molecule has 0 spiro atoms. The van der Waals surface area contributed by atoms with Gasteiger partial charge in [-0.2, -0.15) is 0 Å². The van der Waals surface area contributed by atoms with Gasteiger partial charge in [0, 0.05) is 23.9 Å². The Morgan fingerprint density at radius 2 is 2.00 bits per heavy atom. The minimum atomic E-state index is -0.508. The van der Waals surface area contributed by atoms with Crippen LogP contribution in [0, 0.1) is 24.0 Å². The SMILES string of the molecule is Cc1cc([N+](=O)[O-])c(Cl)cc1NCc1cccc(C)c1O. The largest absolute Gasteiger partial charge is 0.507 e. The minimum Gasteiger partial charge on any atom is -0.507 e. The van der Waals surface area contributed by atoms with E-state index in [1.54, 1.807) is 6.92 Å². The molecule has 2 aromatic carbocycles. The van der Waals surface area contributed by atoms with Crippen molar-refractivity contribution < 1.29 is 10.0 Å². The fraction of sp³-hybridized carbons (Fsp3) is 0.200. The topological polar surface area (TPSA) is 75.4 Å². The zero-order valence-corrected chi connectivity index (χ0v) is 12.4. The van der Waals surface area contributed by atoms with Crippen molar-refractivity contribution in [1.82, 2.24) is 0 Å². The molecule has 0 aliphatic rings. The van der Waals surface area contributed by atoms with Crippen LogP contribution in [0.3, 0.4) is 0 Å². The molecule has 0 aliphatic heterocycles. The number of para-hydroxylation sites is 1. The monoisotopic (exact) mass is 306 g/mol. The van der Waals surface area contributed by atoms with Crippen LogP contribution in [0.5, 0.6) is 5.75 Å². The van der Waals surface area contributed by atoms with Crippen molar-refractivity contribution in [3.8, 4) is 5.75 Å². The molecule has 0 unspecified atom stereocenters. The number of hydrogen-bond acceptors (Lipinski definition) is 4. The maximum Gasteiger partial charge on any atom is 0.288 e. The van der Waals surface area contributed by atoms with Gasteiger partial charge in [0.05, 0.1) is 4.92 Å². The summed E-state index contributed by atoms with van der Waals surface area (Å²) >= 11 is 5.90. The molecule has 0 heterocycles. The number of nitro groups is 1. The molecule has 5 nitrogen and oxygen atoms in total. The van der Waals surface area contributed by atoms with Gasteiger partial charge in [0.15, 0.2) is 0 Å². The Labute approximate surface area is 127 Å². The average Bonchev–Trinajstić information content (AvgIpc) is 2.43. The summed E-state index contributed by atoms with van der Waals surface area (Å²) in [6.07, 6.45) is 0. The lowest BCUT2D eigenvalue weighted by Crippen LogP contribution is -2.02. The second-order valence-electron chi connectivity index (χ2n) is 4.81. The van der Waals surface area contributed by atoms with Gasteiger partial charge in [-0.25, -0.2) is 0 Å². The summed E-state index contributed by atoms with van der Waals surface area (Å²) in [5.74, 6) is 0.246. The molecule has 2 rings (SSSR count). The number of nitrogens with zero attached hydrogens (tertiary/aromatic N) is 1. The van der Waals surface area contributed by atoms with Crippen LogP contribution in [0.1, 0.15) is 16.7 Å². The normalized spacial score (nSPS) is 10.4. The van der Waals surface area contributed by atoms with Crippen molar-refractivity contribution in [1.29, 1.82) is 0 Å². The Hall–Kier alpha value is -2.27. The van der Waals surface area contributed by atoms with E-state index in [0.29, 0.717) is 12.2 Å². The number of rotatable bonds is 4. The Morgan fingerprint density at radius 1 is 1.29 bits per heavy atom. The first-order chi connectivity index (χ1) is 9.90. The smallest absolute Gasteiger partial charge is 0.288 e. The third-order valence-electron chi connectivity index (χ3n) is 3.28. The molecule has 0 bridgehead atoms. The van der Waals surface area contributed by atoms with Gasteiger partial charge < -0.3 is 10.4 Å². The lowest BCUT2D eigenvalue weighted by Gasteiger charge is -2.12. The van der Waals surface area contributed by atoms with E-state index in [-0.39, 0.29) is 16.5 Å². The molecule has 0 aromatic heterocycles. The van der Waals surface area contributed by atoms with Crippen LogP contribution in [0.2, 0.25) is 5.02 Å².